The molecule has 3 aromatic carbocycles. The maximum absolute atomic E-state index is 12.4. The molecule has 2 saturated carbocycles. The molecule has 5 nitrogen and oxygen atoms in total. The van der Waals surface area contributed by atoms with Gasteiger partial charge in [-0.2, -0.15) is 8.78 Å². The van der Waals surface area contributed by atoms with Gasteiger partial charge in [0.25, 0.3) is 0 Å². The number of imidazole rings is 1. The highest BCUT2D eigenvalue weighted by Crippen LogP contribution is 2.46. The first-order valence-corrected chi connectivity index (χ1v) is 15.4. The number of fused-ring (bicyclic) bond motifs is 6. The van der Waals surface area contributed by atoms with Gasteiger partial charge in [0.15, 0.2) is 0 Å². The molecule has 4 aromatic rings. The van der Waals surface area contributed by atoms with Crippen LogP contribution in [0, 0.1) is 17.8 Å². The Labute approximate surface area is 244 Å². The van der Waals surface area contributed by atoms with E-state index in [4.69, 9.17) is 9.73 Å². The van der Waals surface area contributed by atoms with Crippen molar-refractivity contribution in [3.05, 3.63) is 65.6 Å². The number of H-pyrrole nitrogens is 1. The zero-order chi connectivity index (χ0) is 28.4. The third-order valence-electron chi connectivity index (χ3n) is 10.1. The summed E-state index contributed by atoms with van der Waals surface area (Å²) in [5.74, 6) is 3.70. The summed E-state index contributed by atoms with van der Waals surface area (Å²) >= 11 is 0. The molecule has 0 unspecified atom stereocenters. The lowest BCUT2D eigenvalue weighted by Crippen LogP contribution is -2.11. The van der Waals surface area contributed by atoms with Crippen molar-refractivity contribution >= 4 is 22.2 Å². The largest absolute Gasteiger partial charge is 0.488 e. The number of ether oxygens (including phenoxy) is 2. The summed E-state index contributed by atoms with van der Waals surface area (Å²) in [6.07, 6.45) is 9.32. The van der Waals surface area contributed by atoms with Crippen LogP contribution in [0.25, 0.3) is 33.2 Å². The van der Waals surface area contributed by atoms with Gasteiger partial charge in [-0.05, 0) is 107 Å². The number of aromatic nitrogens is 2. The molecule has 7 heteroatoms. The Bertz CT molecular complexity index is 1710. The molecule has 0 amide bonds. The van der Waals surface area contributed by atoms with Crippen LogP contribution >= 0.6 is 0 Å². The van der Waals surface area contributed by atoms with Gasteiger partial charge in [0.2, 0.25) is 0 Å². The Balaban J connectivity index is 1.03. The van der Waals surface area contributed by atoms with E-state index in [1.807, 2.05) is 6.20 Å². The predicted octanol–water partition coefficient (Wildman–Crippen LogP) is 8.98. The van der Waals surface area contributed by atoms with Crippen LogP contribution in [-0.4, -0.2) is 28.9 Å². The van der Waals surface area contributed by atoms with Crippen LogP contribution < -0.4 is 4.74 Å². The Morgan fingerprint density at radius 1 is 1.00 bits per heavy atom. The van der Waals surface area contributed by atoms with Crippen LogP contribution in [0.3, 0.4) is 0 Å². The van der Waals surface area contributed by atoms with Crippen molar-refractivity contribution in [2.24, 2.45) is 22.7 Å². The average Bonchev–Trinajstić information content (AvgIpc) is 3.80. The lowest BCUT2D eigenvalue weighted by molar-refractivity contribution is -0.137. The molecular weight excluding hydrogens is 532 g/mol. The number of aliphatic imine (C=N–C) groups is 1. The molecular formula is C35H35F2N3O2. The van der Waals surface area contributed by atoms with Crippen LogP contribution in [0.1, 0.15) is 68.3 Å². The summed E-state index contributed by atoms with van der Waals surface area (Å²) in [5, 5.41) is 2.49. The summed E-state index contributed by atoms with van der Waals surface area (Å²) < 4.78 is 35.8. The normalized spacial score (nSPS) is 24.5. The number of nitrogens with zero attached hydrogens (tertiary/aromatic N) is 2. The molecule has 8 rings (SSSR count). The highest BCUT2D eigenvalue weighted by atomic mass is 19.3. The molecule has 2 aliphatic carbocycles. The second-order valence-corrected chi connectivity index (χ2v) is 12.8. The molecule has 3 heterocycles. The fourth-order valence-electron chi connectivity index (χ4n) is 7.82. The standard InChI is InChI=1S/C35H35F2N3O2/c1-19-2-4-22(10-19)31-14-28-27-15-33-29(13-21(27)7-9-30(28)39-31)26-8-6-23(12-25(26)18-41-33)32-16-38-34(40-32)24-5-3-20(11-24)17-42-35(36)37/h6-9,12-13,15-16,19-20,22,24,35H,2-5,10-11,14,17-18H2,1H3,(H,38,40)/t19-,20+,22+,24-/m0/s1. The van der Waals surface area contributed by atoms with Crippen molar-refractivity contribution in [3.8, 4) is 28.1 Å². The van der Waals surface area contributed by atoms with E-state index < -0.39 is 6.61 Å². The van der Waals surface area contributed by atoms with E-state index in [0.717, 1.165) is 71.2 Å². The number of benzene rings is 3. The molecule has 2 fully saturated rings. The Hall–Kier alpha value is -3.58. The van der Waals surface area contributed by atoms with Crippen LogP contribution in [-0.2, 0) is 17.8 Å². The van der Waals surface area contributed by atoms with Crippen molar-refractivity contribution in [2.75, 3.05) is 6.61 Å². The molecule has 2 aliphatic heterocycles. The van der Waals surface area contributed by atoms with Gasteiger partial charge in [0.05, 0.1) is 24.2 Å². The predicted molar refractivity (Wildman–Crippen MR) is 161 cm³/mol. The summed E-state index contributed by atoms with van der Waals surface area (Å²) in [7, 11) is 0. The molecule has 216 valence electrons. The van der Waals surface area contributed by atoms with Crippen molar-refractivity contribution in [1.29, 1.82) is 0 Å². The van der Waals surface area contributed by atoms with E-state index >= 15 is 0 Å². The zero-order valence-corrected chi connectivity index (χ0v) is 23.8. The molecule has 4 atom stereocenters. The lowest BCUT2D eigenvalue weighted by Gasteiger charge is -2.22. The van der Waals surface area contributed by atoms with E-state index in [2.05, 4.69) is 64.1 Å². The number of alkyl halides is 2. The molecule has 1 aromatic heterocycles. The first-order valence-electron chi connectivity index (χ1n) is 15.4. The minimum absolute atomic E-state index is 0.112. The molecule has 0 saturated heterocycles. The average molecular weight is 568 g/mol. The number of halogens is 2. The Morgan fingerprint density at radius 3 is 2.76 bits per heavy atom. The van der Waals surface area contributed by atoms with Gasteiger partial charge < -0.3 is 14.5 Å². The summed E-state index contributed by atoms with van der Waals surface area (Å²) in [6, 6.07) is 15.5. The summed E-state index contributed by atoms with van der Waals surface area (Å²) in [6.45, 7) is 0.292. The maximum atomic E-state index is 12.4. The third-order valence-corrected chi connectivity index (χ3v) is 10.1. The monoisotopic (exact) mass is 567 g/mol. The Morgan fingerprint density at radius 2 is 1.90 bits per heavy atom. The van der Waals surface area contributed by atoms with Gasteiger partial charge in [-0.3, -0.25) is 4.99 Å². The lowest BCUT2D eigenvalue weighted by atomic mass is 9.90. The van der Waals surface area contributed by atoms with Gasteiger partial charge in [-0.1, -0.05) is 31.5 Å². The topological polar surface area (TPSA) is 59.5 Å². The van der Waals surface area contributed by atoms with Crippen molar-refractivity contribution in [3.63, 3.8) is 0 Å². The number of aromatic amines is 1. The SMILES string of the molecule is C[C@H]1CC[C@@H](C2=Nc3ccc4cc5c(cc4c3C2)OCc2cc(-c3cnc([C@H]4CC[C@@H](COC(F)F)C4)[nH]3)ccc2-5)C1. The van der Waals surface area contributed by atoms with Crippen molar-refractivity contribution in [1.82, 2.24) is 9.97 Å². The summed E-state index contributed by atoms with van der Waals surface area (Å²) in [4.78, 5) is 13.3. The second kappa shape index (κ2) is 10.3. The number of hydrogen-bond acceptors (Lipinski definition) is 4. The van der Waals surface area contributed by atoms with Gasteiger partial charge in [-0.15, -0.1) is 0 Å². The number of rotatable bonds is 6. The minimum atomic E-state index is -2.70. The van der Waals surface area contributed by atoms with Crippen molar-refractivity contribution < 1.29 is 18.3 Å². The van der Waals surface area contributed by atoms with Gasteiger partial charge in [0, 0.05) is 23.6 Å². The zero-order valence-electron chi connectivity index (χ0n) is 23.8. The second-order valence-electron chi connectivity index (χ2n) is 12.8. The molecule has 0 radical (unpaired) electrons. The van der Waals surface area contributed by atoms with Gasteiger partial charge in [0.1, 0.15) is 18.2 Å². The highest BCUT2D eigenvalue weighted by Gasteiger charge is 2.31. The minimum Gasteiger partial charge on any atom is -0.488 e. The van der Waals surface area contributed by atoms with Crippen molar-refractivity contribution in [2.45, 2.75) is 71.0 Å². The highest BCUT2D eigenvalue weighted by molar-refractivity contribution is 6.04. The first kappa shape index (κ1) is 26.1. The maximum Gasteiger partial charge on any atom is 0.345 e. The van der Waals surface area contributed by atoms with Gasteiger partial charge >= 0.3 is 6.61 Å². The Kier molecular flexibility index (Phi) is 6.39. The molecule has 1 N–H and O–H groups in total. The molecule has 4 aliphatic rings. The van der Waals surface area contributed by atoms with Crippen LogP contribution in [0.5, 0.6) is 5.75 Å². The van der Waals surface area contributed by atoms with Crippen LogP contribution in [0.2, 0.25) is 0 Å². The van der Waals surface area contributed by atoms with Gasteiger partial charge in [-0.25, -0.2) is 4.98 Å². The molecule has 42 heavy (non-hydrogen) atoms. The molecule has 0 bridgehead atoms. The van der Waals surface area contributed by atoms with E-state index in [0.29, 0.717) is 12.5 Å². The quantitative estimate of drug-likeness (QED) is 0.253. The fraction of sp³-hybridized carbons (Fsp3) is 0.429. The number of nitrogens with one attached hydrogen (secondary N) is 1. The third kappa shape index (κ3) is 4.62. The van der Waals surface area contributed by atoms with E-state index in [1.54, 1.807) is 0 Å². The van der Waals surface area contributed by atoms with Crippen LogP contribution in [0.4, 0.5) is 14.5 Å². The summed E-state index contributed by atoms with van der Waals surface area (Å²) in [5.41, 5.74) is 9.37. The first-order chi connectivity index (χ1) is 20.5. The fourth-order valence-corrected chi connectivity index (χ4v) is 7.82. The van der Waals surface area contributed by atoms with E-state index in [-0.39, 0.29) is 18.4 Å². The smallest absolute Gasteiger partial charge is 0.345 e. The molecule has 0 spiro atoms. The van der Waals surface area contributed by atoms with E-state index in [9.17, 15) is 8.78 Å². The number of hydrogen-bond donors (Lipinski definition) is 1. The van der Waals surface area contributed by atoms with Crippen LogP contribution in [0.15, 0.2) is 53.7 Å². The van der Waals surface area contributed by atoms with E-state index in [1.165, 1.54) is 46.9 Å².